The van der Waals surface area contributed by atoms with E-state index in [9.17, 15) is 25.0 Å². The van der Waals surface area contributed by atoms with Crippen LogP contribution in [0.4, 0.5) is 11.4 Å². The van der Waals surface area contributed by atoms with Gasteiger partial charge in [0.2, 0.25) is 0 Å². The second-order valence-electron chi connectivity index (χ2n) is 6.70. The van der Waals surface area contributed by atoms with Crippen LogP contribution in [0.3, 0.4) is 0 Å². The highest BCUT2D eigenvalue weighted by atomic mass is 35.5. The topological polar surface area (TPSA) is 132 Å². The molecule has 0 aliphatic heterocycles. The molecule has 34 heavy (non-hydrogen) atoms. The van der Waals surface area contributed by atoms with Gasteiger partial charge in [-0.2, -0.15) is 5.26 Å². The summed E-state index contributed by atoms with van der Waals surface area (Å²) < 4.78 is 10.5. The van der Waals surface area contributed by atoms with E-state index >= 15 is 0 Å². The van der Waals surface area contributed by atoms with Crippen LogP contribution in [-0.2, 0) is 4.79 Å². The smallest absolute Gasteiger partial charge is 0.343 e. The third-order valence-corrected chi connectivity index (χ3v) is 4.85. The number of nitro benzene ring substituents is 1. The Balaban J connectivity index is 1.84. The number of rotatable bonds is 7. The molecule has 0 radical (unpaired) electrons. The van der Waals surface area contributed by atoms with Crippen molar-refractivity contribution < 1.29 is 24.0 Å². The Morgan fingerprint density at radius 3 is 2.47 bits per heavy atom. The van der Waals surface area contributed by atoms with E-state index in [1.165, 1.54) is 43.5 Å². The Bertz CT molecular complexity index is 1330. The molecule has 0 aliphatic rings. The second-order valence-corrected chi connectivity index (χ2v) is 7.11. The Morgan fingerprint density at radius 1 is 1.12 bits per heavy atom. The fraction of sp³-hybridized carbons (Fsp3) is 0.0417. The number of ether oxygens (including phenoxy) is 2. The van der Waals surface area contributed by atoms with Gasteiger partial charge in [-0.15, -0.1) is 0 Å². The Kier molecular flexibility index (Phi) is 7.59. The molecule has 0 heterocycles. The molecule has 0 unspecified atom stereocenters. The number of benzene rings is 3. The number of para-hydroxylation sites is 1. The lowest BCUT2D eigenvalue weighted by Gasteiger charge is -2.09. The number of carbonyl (C=O) groups is 2. The summed E-state index contributed by atoms with van der Waals surface area (Å²) in [5.74, 6) is -0.790. The number of nitrogens with zero attached hydrogens (tertiary/aromatic N) is 2. The maximum absolute atomic E-state index is 12.6. The van der Waals surface area contributed by atoms with Gasteiger partial charge in [0.25, 0.3) is 11.6 Å². The first-order chi connectivity index (χ1) is 16.3. The number of anilines is 1. The molecule has 0 bridgehead atoms. The molecule has 1 N–H and O–H groups in total. The van der Waals surface area contributed by atoms with Gasteiger partial charge in [0.1, 0.15) is 23.1 Å². The largest absolute Gasteiger partial charge is 0.497 e. The molecule has 0 spiro atoms. The highest BCUT2D eigenvalue weighted by Crippen LogP contribution is 2.28. The number of nitriles is 1. The number of hydrogen-bond acceptors (Lipinski definition) is 7. The third kappa shape index (κ3) is 5.76. The zero-order valence-electron chi connectivity index (χ0n) is 17.7. The number of carbonyl (C=O) groups excluding carboxylic acids is 2. The molecule has 0 atom stereocenters. The summed E-state index contributed by atoms with van der Waals surface area (Å²) in [7, 11) is 1.51. The number of nitrogens with one attached hydrogen (secondary N) is 1. The number of non-ortho nitro benzene ring substituents is 1. The van der Waals surface area contributed by atoms with Crippen molar-refractivity contribution in [2.75, 3.05) is 12.4 Å². The molecule has 0 aromatic heterocycles. The average molecular weight is 478 g/mol. The summed E-state index contributed by atoms with van der Waals surface area (Å²) in [6, 6.07) is 17.9. The molecule has 3 rings (SSSR count). The van der Waals surface area contributed by atoms with Crippen molar-refractivity contribution in [2.45, 2.75) is 0 Å². The summed E-state index contributed by atoms with van der Waals surface area (Å²) in [4.78, 5) is 35.5. The molecule has 0 aliphatic carbocycles. The molecule has 3 aromatic carbocycles. The monoisotopic (exact) mass is 477 g/mol. The van der Waals surface area contributed by atoms with E-state index in [-0.39, 0.29) is 33.3 Å². The van der Waals surface area contributed by atoms with E-state index in [2.05, 4.69) is 5.32 Å². The normalized spacial score (nSPS) is 10.7. The number of nitro groups is 1. The highest BCUT2D eigenvalue weighted by Gasteiger charge is 2.17. The van der Waals surface area contributed by atoms with E-state index in [1.807, 2.05) is 0 Å². The molecule has 0 fully saturated rings. The maximum atomic E-state index is 12.6. The molecular formula is C24H16ClN3O6. The van der Waals surface area contributed by atoms with Gasteiger partial charge < -0.3 is 14.8 Å². The molecule has 0 saturated carbocycles. The summed E-state index contributed by atoms with van der Waals surface area (Å²) in [6.45, 7) is 0. The molecule has 170 valence electrons. The van der Waals surface area contributed by atoms with Gasteiger partial charge in [-0.3, -0.25) is 14.9 Å². The van der Waals surface area contributed by atoms with Gasteiger partial charge in [0.05, 0.1) is 28.3 Å². The third-order valence-electron chi connectivity index (χ3n) is 4.52. The van der Waals surface area contributed by atoms with Crippen LogP contribution in [-0.4, -0.2) is 23.9 Å². The number of methoxy groups -OCH3 is 1. The molecule has 10 heteroatoms. The SMILES string of the molecule is COc1ccc(C(=O)Oc2ccccc2/C=C(\C#N)C(=O)Nc2cc([N+](=O)[O-])ccc2Cl)cc1. The highest BCUT2D eigenvalue weighted by molar-refractivity contribution is 6.34. The minimum atomic E-state index is -0.846. The quantitative estimate of drug-likeness (QED) is 0.126. The van der Waals surface area contributed by atoms with Crippen LogP contribution in [0.25, 0.3) is 6.08 Å². The van der Waals surface area contributed by atoms with Crippen LogP contribution in [0.5, 0.6) is 11.5 Å². The lowest BCUT2D eigenvalue weighted by atomic mass is 10.1. The molecule has 1 amide bonds. The number of halogens is 1. The predicted octanol–water partition coefficient (Wildman–Crippen LogP) is 5.02. The van der Waals surface area contributed by atoms with Crippen molar-refractivity contribution >= 4 is 40.9 Å². The first-order valence-corrected chi connectivity index (χ1v) is 10.0. The lowest BCUT2D eigenvalue weighted by Crippen LogP contribution is -2.14. The van der Waals surface area contributed by atoms with E-state index < -0.39 is 16.8 Å². The standard InChI is InChI=1S/C24H16ClN3O6/c1-33-19-9-6-15(7-10-19)24(30)34-22-5-3-2-4-16(22)12-17(14-26)23(29)27-21-13-18(28(31)32)8-11-20(21)25/h2-13H,1H3,(H,27,29)/b17-12+. The van der Waals surface area contributed by atoms with E-state index in [0.29, 0.717) is 11.3 Å². The van der Waals surface area contributed by atoms with Crippen molar-refractivity contribution in [1.82, 2.24) is 0 Å². The Hall–Kier alpha value is -4.68. The van der Waals surface area contributed by atoms with Gasteiger partial charge in [-0.25, -0.2) is 4.79 Å². The summed E-state index contributed by atoms with van der Waals surface area (Å²) in [5, 5.41) is 22.9. The maximum Gasteiger partial charge on any atom is 0.343 e. The molecule has 9 nitrogen and oxygen atoms in total. The van der Waals surface area contributed by atoms with Crippen LogP contribution in [0.15, 0.2) is 72.3 Å². The van der Waals surface area contributed by atoms with Gasteiger partial charge in [0, 0.05) is 17.7 Å². The minimum absolute atomic E-state index is 0.0266. The van der Waals surface area contributed by atoms with Crippen molar-refractivity contribution in [3.8, 4) is 17.6 Å². The Morgan fingerprint density at radius 2 is 1.82 bits per heavy atom. The number of amides is 1. The molecule has 0 saturated heterocycles. The fourth-order valence-corrected chi connectivity index (χ4v) is 2.96. The van der Waals surface area contributed by atoms with Crippen LogP contribution in [0.2, 0.25) is 5.02 Å². The first kappa shape index (κ1) is 24.0. The van der Waals surface area contributed by atoms with Crippen molar-refractivity contribution in [1.29, 1.82) is 5.26 Å². The van der Waals surface area contributed by atoms with Crippen molar-refractivity contribution in [3.05, 3.63) is 98.6 Å². The van der Waals surface area contributed by atoms with E-state index in [0.717, 1.165) is 6.07 Å². The van der Waals surface area contributed by atoms with Crippen LogP contribution in [0, 0.1) is 21.4 Å². The van der Waals surface area contributed by atoms with Crippen molar-refractivity contribution in [3.63, 3.8) is 0 Å². The first-order valence-electron chi connectivity index (χ1n) is 9.64. The second kappa shape index (κ2) is 10.8. The zero-order chi connectivity index (χ0) is 24.7. The van der Waals surface area contributed by atoms with Gasteiger partial charge in [0.15, 0.2) is 0 Å². The molecular weight excluding hydrogens is 462 g/mol. The van der Waals surface area contributed by atoms with Crippen LogP contribution in [0.1, 0.15) is 15.9 Å². The number of esters is 1. The lowest BCUT2D eigenvalue weighted by molar-refractivity contribution is -0.384. The van der Waals surface area contributed by atoms with E-state index in [1.54, 1.807) is 36.4 Å². The predicted molar refractivity (Wildman–Crippen MR) is 125 cm³/mol. The fourth-order valence-electron chi connectivity index (χ4n) is 2.79. The van der Waals surface area contributed by atoms with Crippen molar-refractivity contribution in [2.24, 2.45) is 0 Å². The minimum Gasteiger partial charge on any atom is -0.497 e. The molecule has 3 aromatic rings. The van der Waals surface area contributed by atoms with Gasteiger partial charge >= 0.3 is 5.97 Å². The van der Waals surface area contributed by atoms with Crippen LogP contribution < -0.4 is 14.8 Å². The average Bonchev–Trinajstić information content (AvgIpc) is 2.84. The zero-order valence-corrected chi connectivity index (χ0v) is 18.4. The van der Waals surface area contributed by atoms with E-state index in [4.69, 9.17) is 21.1 Å². The summed E-state index contributed by atoms with van der Waals surface area (Å²) >= 11 is 6.01. The van der Waals surface area contributed by atoms with Crippen LogP contribution >= 0.6 is 11.6 Å². The Labute approximate surface area is 198 Å². The summed E-state index contributed by atoms with van der Waals surface area (Å²) in [6.07, 6.45) is 1.23. The summed E-state index contributed by atoms with van der Waals surface area (Å²) in [5.41, 5.74) is -0.0749. The number of hydrogen-bond donors (Lipinski definition) is 1. The van der Waals surface area contributed by atoms with Gasteiger partial charge in [-0.05, 0) is 42.5 Å². The van der Waals surface area contributed by atoms with Gasteiger partial charge in [-0.1, -0.05) is 29.8 Å².